The number of methoxy groups -OCH3 is 2. The van der Waals surface area contributed by atoms with Crippen LogP contribution in [0.4, 0.5) is 5.82 Å². The molecule has 1 aromatic heterocycles. The average molecular weight is 479 g/mol. The molecule has 0 saturated heterocycles. The first-order chi connectivity index (χ1) is 16.9. The summed E-state index contributed by atoms with van der Waals surface area (Å²) in [4.78, 5) is 26.5. The van der Waals surface area contributed by atoms with Gasteiger partial charge in [-0.15, -0.1) is 0 Å². The molecule has 1 aliphatic heterocycles. The maximum atomic E-state index is 13.3. The van der Waals surface area contributed by atoms with Gasteiger partial charge in [-0.1, -0.05) is 19.1 Å². The molecular weight excluding hydrogens is 448 g/mol. The predicted octanol–water partition coefficient (Wildman–Crippen LogP) is 3.42. The molecule has 0 unspecified atom stereocenters. The Morgan fingerprint density at radius 2 is 1.83 bits per heavy atom. The van der Waals surface area contributed by atoms with Crippen LogP contribution in [0, 0.1) is 6.92 Å². The number of ether oxygens (including phenoxy) is 3. The third-order valence-electron chi connectivity index (χ3n) is 6.08. The highest BCUT2D eigenvalue weighted by Crippen LogP contribution is 2.40. The van der Waals surface area contributed by atoms with Gasteiger partial charge in [0, 0.05) is 24.1 Å². The van der Waals surface area contributed by atoms with Crippen LogP contribution in [0.5, 0.6) is 17.2 Å². The van der Waals surface area contributed by atoms with Crippen molar-refractivity contribution in [2.45, 2.75) is 32.2 Å². The van der Waals surface area contributed by atoms with Crippen molar-refractivity contribution in [1.82, 2.24) is 15.1 Å². The van der Waals surface area contributed by atoms with Gasteiger partial charge in [0.05, 0.1) is 26.5 Å². The summed E-state index contributed by atoms with van der Waals surface area (Å²) >= 11 is 0. The van der Waals surface area contributed by atoms with Gasteiger partial charge in [-0.05, 0) is 49.2 Å². The summed E-state index contributed by atoms with van der Waals surface area (Å²) in [6.07, 6.45) is 0.910. The number of fused-ring (bicyclic) bond motifs is 1. The van der Waals surface area contributed by atoms with Crippen molar-refractivity contribution in [1.29, 1.82) is 0 Å². The van der Waals surface area contributed by atoms with E-state index in [2.05, 4.69) is 15.7 Å². The van der Waals surface area contributed by atoms with E-state index in [1.807, 2.05) is 38.1 Å². The normalized spacial score (nSPS) is 16.8. The lowest BCUT2D eigenvalue weighted by Crippen LogP contribution is -2.50. The van der Waals surface area contributed by atoms with E-state index in [0.29, 0.717) is 29.5 Å². The zero-order chi connectivity index (χ0) is 25.1. The van der Waals surface area contributed by atoms with Crippen LogP contribution in [0.25, 0.3) is 0 Å². The van der Waals surface area contributed by atoms with Gasteiger partial charge >= 0.3 is 0 Å². The quantitative estimate of drug-likeness (QED) is 0.514. The van der Waals surface area contributed by atoms with E-state index in [0.717, 1.165) is 29.0 Å². The van der Waals surface area contributed by atoms with Gasteiger partial charge in [0.2, 0.25) is 5.91 Å². The van der Waals surface area contributed by atoms with Crippen LogP contribution in [0.15, 0.2) is 42.5 Å². The molecule has 2 atom stereocenters. The summed E-state index contributed by atoms with van der Waals surface area (Å²) < 4.78 is 18.0. The van der Waals surface area contributed by atoms with Crippen LogP contribution >= 0.6 is 0 Å². The third-order valence-corrected chi connectivity index (χ3v) is 6.08. The van der Waals surface area contributed by atoms with Crippen molar-refractivity contribution in [3.63, 3.8) is 0 Å². The first-order valence-corrected chi connectivity index (χ1v) is 11.5. The molecule has 0 spiro atoms. The first-order valence-electron chi connectivity index (χ1n) is 11.5. The van der Waals surface area contributed by atoms with Gasteiger partial charge in [-0.25, -0.2) is 0 Å². The molecular formula is C26H30N4O5. The van der Waals surface area contributed by atoms with Gasteiger partial charge in [-0.2, -0.15) is 5.10 Å². The SMILES string of the molecule is CCCOc1ccc([C@@H]2c3c(C)nn(C)c3NC(=O)[C@H]2NC(=O)c2ccc(OC)c(OC)c2)cc1. The van der Waals surface area contributed by atoms with Crippen LogP contribution in [0.3, 0.4) is 0 Å². The molecule has 1 aliphatic rings. The van der Waals surface area contributed by atoms with Crippen molar-refractivity contribution in [3.8, 4) is 17.2 Å². The smallest absolute Gasteiger partial charge is 0.252 e. The average Bonchev–Trinajstić information content (AvgIpc) is 3.15. The van der Waals surface area contributed by atoms with E-state index < -0.39 is 17.9 Å². The van der Waals surface area contributed by atoms with E-state index >= 15 is 0 Å². The standard InChI is InChI=1S/C26H30N4O5/c1-6-13-35-18-10-7-16(8-11-18)22-21-15(2)29-30(3)24(21)28-26(32)23(22)27-25(31)17-9-12-19(33-4)20(14-17)34-5/h7-12,14,22-23H,6,13H2,1-5H3,(H,27,31)(H,28,32)/t22-,23+/m1/s1. The maximum Gasteiger partial charge on any atom is 0.252 e. The van der Waals surface area contributed by atoms with Gasteiger partial charge in [0.1, 0.15) is 17.6 Å². The summed E-state index contributed by atoms with van der Waals surface area (Å²) in [5, 5.41) is 10.4. The van der Waals surface area contributed by atoms with Crippen LogP contribution < -0.4 is 24.8 Å². The minimum Gasteiger partial charge on any atom is -0.494 e. The molecule has 9 nitrogen and oxygen atoms in total. The summed E-state index contributed by atoms with van der Waals surface area (Å²) in [6, 6.07) is 11.7. The van der Waals surface area contributed by atoms with Gasteiger partial charge in [-0.3, -0.25) is 14.3 Å². The number of rotatable bonds is 8. The Labute approximate surface area is 204 Å². The first kappa shape index (κ1) is 24.1. The predicted molar refractivity (Wildman–Crippen MR) is 131 cm³/mol. The van der Waals surface area contributed by atoms with Crippen LogP contribution in [0.1, 0.15) is 46.4 Å². The largest absolute Gasteiger partial charge is 0.494 e. The number of amides is 2. The minimum absolute atomic E-state index is 0.314. The second-order valence-corrected chi connectivity index (χ2v) is 8.38. The molecule has 0 aliphatic carbocycles. The monoisotopic (exact) mass is 478 g/mol. The summed E-state index contributed by atoms with van der Waals surface area (Å²) in [6.45, 7) is 4.57. The van der Waals surface area contributed by atoms with Crippen molar-refractivity contribution in [2.75, 3.05) is 26.1 Å². The van der Waals surface area contributed by atoms with Gasteiger partial charge < -0.3 is 24.8 Å². The summed E-state index contributed by atoms with van der Waals surface area (Å²) in [5.74, 6) is 1.17. The molecule has 0 saturated carbocycles. The number of benzene rings is 2. The topological polar surface area (TPSA) is 104 Å². The minimum atomic E-state index is -0.853. The van der Waals surface area contributed by atoms with Crippen LogP contribution in [0.2, 0.25) is 0 Å². The molecule has 184 valence electrons. The fraction of sp³-hybridized carbons (Fsp3) is 0.346. The van der Waals surface area contributed by atoms with E-state index in [-0.39, 0.29) is 5.91 Å². The highest BCUT2D eigenvalue weighted by atomic mass is 16.5. The lowest BCUT2D eigenvalue weighted by Gasteiger charge is -2.32. The second-order valence-electron chi connectivity index (χ2n) is 8.38. The lowest BCUT2D eigenvalue weighted by atomic mass is 9.82. The molecule has 0 bridgehead atoms. The number of anilines is 1. The molecule has 2 aromatic carbocycles. The van der Waals surface area contributed by atoms with Crippen molar-refractivity contribution in [3.05, 3.63) is 64.8 Å². The Bertz CT molecular complexity index is 1240. The van der Waals surface area contributed by atoms with Gasteiger partial charge in [0.15, 0.2) is 11.5 Å². The van der Waals surface area contributed by atoms with E-state index in [1.54, 1.807) is 29.9 Å². The fourth-order valence-electron chi connectivity index (χ4n) is 4.41. The number of hydrogen-bond acceptors (Lipinski definition) is 6. The Hall–Kier alpha value is -4.01. The second kappa shape index (κ2) is 10.1. The number of hydrogen-bond donors (Lipinski definition) is 2. The Morgan fingerprint density at radius 1 is 1.11 bits per heavy atom. The number of carbonyl (C=O) groups excluding carboxylic acids is 2. The van der Waals surface area contributed by atoms with E-state index in [9.17, 15) is 9.59 Å². The van der Waals surface area contributed by atoms with Crippen molar-refractivity contribution >= 4 is 17.6 Å². The highest BCUT2D eigenvalue weighted by Gasteiger charge is 2.41. The number of aryl methyl sites for hydroxylation is 2. The summed E-state index contributed by atoms with van der Waals surface area (Å²) in [7, 11) is 4.82. The van der Waals surface area contributed by atoms with Crippen LogP contribution in [-0.2, 0) is 11.8 Å². The third kappa shape index (κ3) is 4.66. The Kier molecular flexibility index (Phi) is 6.95. The zero-order valence-electron chi connectivity index (χ0n) is 20.5. The molecule has 9 heteroatoms. The molecule has 0 radical (unpaired) electrons. The summed E-state index contributed by atoms with van der Waals surface area (Å²) in [5.41, 5.74) is 2.88. The number of aromatic nitrogens is 2. The van der Waals surface area contributed by atoms with Crippen LogP contribution in [-0.4, -0.2) is 48.5 Å². The fourth-order valence-corrected chi connectivity index (χ4v) is 4.41. The maximum absolute atomic E-state index is 13.3. The Morgan fingerprint density at radius 3 is 2.49 bits per heavy atom. The zero-order valence-corrected chi connectivity index (χ0v) is 20.5. The van der Waals surface area contributed by atoms with E-state index in [4.69, 9.17) is 14.2 Å². The highest BCUT2D eigenvalue weighted by molar-refractivity contribution is 6.04. The van der Waals surface area contributed by atoms with E-state index in [1.165, 1.54) is 14.2 Å². The molecule has 35 heavy (non-hydrogen) atoms. The number of carbonyl (C=O) groups is 2. The lowest BCUT2D eigenvalue weighted by molar-refractivity contribution is -0.118. The number of nitrogens with zero attached hydrogens (tertiary/aromatic N) is 2. The van der Waals surface area contributed by atoms with Gasteiger partial charge in [0.25, 0.3) is 5.91 Å². The van der Waals surface area contributed by atoms with Crippen molar-refractivity contribution in [2.24, 2.45) is 7.05 Å². The molecule has 4 rings (SSSR count). The molecule has 2 heterocycles. The molecule has 2 amide bonds. The molecule has 3 aromatic rings. The van der Waals surface area contributed by atoms with Crippen molar-refractivity contribution < 1.29 is 23.8 Å². The Balaban J connectivity index is 1.71. The molecule has 2 N–H and O–H groups in total. The number of nitrogens with one attached hydrogen (secondary N) is 2. The molecule has 0 fully saturated rings.